The van der Waals surface area contributed by atoms with Crippen molar-refractivity contribution in [3.63, 3.8) is 0 Å². The molecule has 0 bridgehead atoms. The molecule has 0 unspecified atom stereocenters. The molecule has 2 N–H and O–H groups in total. The number of hydrogen-bond acceptors (Lipinski definition) is 5. The molecule has 2 heterocycles. The van der Waals surface area contributed by atoms with Crippen molar-refractivity contribution in [2.24, 2.45) is 5.92 Å². The van der Waals surface area contributed by atoms with Gasteiger partial charge in [0.1, 0.15) is 5.65 Å². The molecule has 3 aliphatic rings. The third kappa shape index (κ3) is 3.91. The minimum atomic E-state index is -0.667. The lowest BCUT2D eigenvalue weighted by molar-refractivity contribution is -0.127. The van der Waals surface area contributed by atoms with Crippen molar-refractivity contribution < 1.29 is 14.7 Å². The highest BCUT2D eigenvalue weighted by atomic mass is 16.3. The Morgan fingerprint density at radius 1 is 1.22 bits per heavy atom. The number of amides is 2. The fourth-order valence-electron chi connectivity index (χ4n) is 4.16. The van der Waals surface area contributed by atoms with Gasteiger partial charge in [-0.25, -0.2) is 0 Å². The third-order valence-corrected chi connectivity index (χ3v) is 6.14. The number of nitrogens with one attached hydrogen (secondary N) is 1. The predicted octanol–water partition coefficient (Wildman–Crippen LogP) is 1.92. The Hall–Kier alpha value is -3.10. The van der Waals surface area contributed by atoms with Crippen LogP contribution in [0.25, 0.3) is 11.7 Å². The fourth-order valence-corrected chi connectivity index (χ4v) is 4.16. The van der Waals surface area contributed by atoms with Gasteiger partial charge < -0.3 is 15.3 Å². The Kier molecular flexibility index (Phi) is 5.06. The van der Waals surface area contributed by atoms with E-state index < -0.39 is 11.5 Å². The number of carbonyl (C=O) groups excluding carboxylic acids is 2. The first kappa shape index (κ1) is 20.8. The molecule has 0 aliphatic heterocycles. The molecule has 0 radical (unpaired) electrons. The highest BCUT2D eigenvalue weighted by Crippen LogP contribution is 2.37. The summed E-state index contributed by atoms with van der Waals surface area (Å²) >= 11 is 0. The van der Waals surface area contributed by atoms with Crippen LogP contribution in [-0.4, -0.2) is 54.1 Å². The number of aromatic hydroxyl groups is 1. The summed E-state index contributed by atoms with van der Waals surface area (Å²) in [6.07, 6.45) is 10.7. The van der Waals surface area contributed by atoms with Gasteiger partial charge in [0.25, 0.3) is 11.5 Å². The van der Waals surface area contributed by atoms with Gasteiger partial charge in [0, 0.05) is 36.3 Å². The molecular weight excluding hydrogens is 410 g/mol. The molecule has 0 spiro atoms. The smallest absolute Gasteiger partial charge is 0.291 e. The highest BCUT2D eigenvalue weighted by molar-refractivity contribution is 5.97. The summed E-state index contributed by atoms with van der Waals surface area (Å²) in [6, 6.07) is 0.747. The van der Waals surface area contributed by atoms with E-state index in [9.17, 15) is 19.5 Å². The van der Waals surface area contributed by atoms with E-state index >= 15 is 0 Å². The molecule has 9 heteroatoms. The van der Waals surface area contributed by atoms with Crippen LogP contribution in [-0.2, 0) is 11.3 Å². The molecule has 0 aromatic carbocycles. The van der Waals surface area contributed by atoms with Gasteiger partial charge in [-0.05, 0) is 50.5 Å². The molecular formula is C23H29N5O4. The summed E-state index contributed by atoms with van der Waals surface area (Å²) in [5, 5.41) is 17.9. The van der Waals surface area contributed by atoms with Gasteiger partial charge in [0.05, 0.1) is 6.20 Å². The fraction of sp³-hybridized carbons (Fsp3) is 0.565. The molecule has 3 fully saturated rings. The number of hydrogen-bond donors (Lipinski definition) is 2. The maximum absolute atomic E-state index is 13.1. The van der Waals surface area contributed by atoms with E-state index in [-0.39, 0.29) is 29.3 Å². The van der Waals surface area contributed by atoms with Crippen molar-refractivity contribution in [3.8, 4) is 5.88 Å². The van der Waals surface area contributed by atoms with Crippen LogP contribution < -0.4 is 10.9 Å². The van der Waals surface area contributed by atoms with E-state index in [1.54, 1.807) is 10.6 Å². The Bertz CT molecular complexity index is 1150. The summed E-state index contributed by atoms with van der Waals surface area (Å²) < 4.78 is 2.69. The number of fused-ring (bicyclic) bond motifs is 1. The maximum atomic E-state index is 13.1. The molecule has 2 aromatic rings. The lowest BCUT2D eigenvalue weighted by Crippen LogP contribution is -2.34. The van der Waals surface area contributed by atoms with Crippen molar-refractivity contribution >= 4 is 23.5 Å². The second-order valence-corrected chi connectivity index (χ2v) is 9.63. The third-order valence-electron chi connectivity index (χ3n) is 6.14. The van der Waals surface area contributed by atoms with E-state index in [0.717, 1.165) is 43.0 Å². The SMILES string of the molecule is CC(C)Cn1c(O)c(C(=O)NC2CC2)c(=O)n2ncc(/C=C/C(=O)N(C3CC3)C3CC3)c12. The van der Waals surface area contributed by atoms with Crippen molar-refractivity contribution in [2.75, 3.05) is 0 Å². The first-order valence-electron chi connectivity index (χ1n) is 11.5. The molecule has 5 rings (SSSR count). The average Bonchev–Trinajstić information content (AvgIpc) is 3.57. The topological polar surface area (TPSA) is 109 Å². The molecule has 0 saturated heterocycles. The van der Waals surface area contributed by atoms with Gasteiger partial charge in [-0.15, -0.1) is 0 Å². The summed E-state index contributed by atoms with van der Waals surface area (Å²) in [4.78, 5) is 40.5. The summed E-state index contributed by atoms with van der Waals surface area (Å²) in [5.74, 6) is -0.841. The molecule has 170 valence electrons. The monoisotopic (exact) mass is 439 g/mol. The number of aromatic nitrogens is 3. The van der Waals surface area contributed by atoms with E-state index in [2.05, 4.69) is 10.4 Å². The zero-order valence-electron chi connectivity index (χ0n) is 18.5. The van der Waals surface area contributed by atoms with E-state index in [4.69, 9.17) is 0 Å². The highest BCUT2D eigenvalue weighted by Gasteiger charge is 2.41. The molecule has 3 saturated carbocycles. The zero-order valence-corrected chi connectivity index (χ0v) is 18.5. The summed E-state index contributed by atoms with van der Waals surface area (Å²) in [5.41, 5.74) is -0.0441. The summed E-state index contributed by atoms with van der Waals surface area (Å²) in [7, 11) is 0. The van der Waals surface area contributed by atoms with Crippen LogP contribution in [0.4, 0.5) is 0 Å². The molecule has 0 atom stereocenters. The van der Waals surface area contributed by atoms with Crippen LogP contribution in [0.15, 0.2) is 17.1 Å². The lowest BCUT2D eigenvalue weighted by atomic mass is 10.2. The van der Waals surface area contributed by atoms with Crippen LogP contribution in [0.3, 0.4) is 0 Å². The predicted molar refractivity (Wildman–Crippen MR) is 118 cm³/mol. The molecule has 9 nitrogen and oxygen atoms in total. The van der Waals surface area contributed by atoms with E-state index in [1.807, 2.05) is 18.7 Å². The van der Waals surface area contributed by atoms with Gasteiger partial charge in [-0.2, -0.15) is 9.61 Å². The van der Waals surface area contributed by atoms with Crippen LogP contribution in [0.1, 0.15) is 68.3 Å². The van der Waals surface area contributed by atoms with Crippen LogP contribution in [0.5, 0.6) is 5.88 Å². The Labute approximate surface area is 185 Å². The largest absolute Gasteiger partial charge is 0.494 e. The van der Waals surface area contributed by atoms with Crippen LogP contribution in [0.2, 0.25) is 0 Å². The quantitative estimate of drug-likeness (QED) is 0.611. The van der Waals surface area contributed by atoms with Gasteiger partial charge in [0.2, 0.25) is 11.8 Å². The Morgan fingerprint density at radius 3 is 2.44 bits per heavy atom. The van der Waals surface area contributed by atoms with Crippen molar-refractivity contribution in [3.05, 3.63) is 33.8 Å². The van der Waals surface area contributed by atoms with Crippen LogP contribution >= 0.6 is 0 Å². The minimum absolute atomic E-state index is 0.0308. The molecule has 2 amide bonds. The molecule has 32 heavy (non-hydrogen) atoms. The first-order chi connectivity index (χ1) is 15.3. The lowest BCUT2D eigenvalue weighted by Gasteiger charge is -2.20. The number of nitrogens with zero attached hydrogens (tertiary/aromatic N) is 4. The van der Waals surface area contributed by atoms with Gasteiger partial charge in [-0.1, -0.05) is 13.8 Å². The maximum Gasteiger partial charge on any atom is 0.291 e. The van der Waals surface area contributed by atoms with Gasteiger partial charge >= 0.3 is 0 Å². The first-order valence-corrected chi connectivity index (χ1v) is 11.5. The van der Waals surface area contributed by atoms with Crippen molar-refractivity contribution in [1.82, 2.24) is 24.4 Å². The second-order valence-electron chi connectivity index (χ2n) is 9.63. The second kappa shape index (κ2) is 7.79. The average molecular weight is 440 g/mol. The molecule has 3 aliphatic carbocycles. The zero-order chi connectivity index (χ0) is 22.6. The Morgan fingerprint density at radius 2 is 1.88 bits per heavy atom. The van der Waals surface area contributed by atoms with Crippen LogP contribution in [0, 0.1) is 5.92 Å². The van der Waals surface area contributed by atoms with E-state index in [1.165, 1.54) is 12.3 Å². The standard InChI is InChI=1S/C23H29N5O4/c1-13(2)12-26-21-14(3-10-18(29)27(16-6-7-16)17-8-9-17)11-24-28(21)23(32)19(22(26)31)20(30)25-15-4-5-15/h3,10-11,13,15-17,31H,4-9,12H2,1-2H3,(H,25,30)/b10-3+. The number of carbonyl (C=O) groups is 2. The molecule has 2 aromatic heterocycles. The minimum Gasteiger partial charge on any atom is -0.494 e. The van der Waals surface area contributed by atoms with Gasteiger partial charge in [0.15, 0.2) is 5.56 Å². The van der Waals surface area contributed by atoms with E-state index in [0.29, 0.717) is 29.8 Å². The van der Waals surface area contributed by atoms with Crippen molar-refractivity contribution in [2.45, 2.75) is 77.0 Å². The summed E-state index contributed by atoms with van der Waals surface area (Å²) in [6.45, 7) is 4.35. The Balaban J connectivity index is 1.54. The number of rotatable bonds is 8. The van der Waals surface area contributed by atoms with Crippen molar-refractivity contribution in [1.29, 1.82) is 0 Å². The van der Waals surface area contributed by atoms with Gasteiger partial charge in [-0.3, -0.25) is 19.0 Å². The normalized spacial score (nSPS) is 18.6.